The van der Waals surface area contributed by atoms with E-state index < -0.39 is 0 Å². The van der Waals surface area contributed by atoms with Gasteiger partial charge in [-0.3, -0.25) is 0 Å². The molecule has 0 aliphatic rings. The molecular formula is C17H19N3. The molecule has 1 aromatic heterocycles. The number of benzene rings is 1. The first kappa shape index (κ1) is 14.1. The molecular weight excluding hydrogens is 246 g/mol. The average Bonchev–Trinajstić information content (AvgIpc) is 2.38. The van der Waals surface area contributed by atoms with Crippen LogP contribution in [0.1, 0.15) is 27.8 Å². The summed E-state index contributed by atoms with van der Waals surface area (Å²) in [6, 6.07) is 8.41. The van der Waals surface area contributed by atoms with Gasteiger partial charge in [0.1, 0.15) is 11.9 Å². The predicted molar refractivity (Wildman–Crippen MR) is 82.9 cm³/mol. The van der Waals surface area contributed by atoms with Crippen molar-refractivity contribution in [3.8, 4) is 17.3 Å². The van der Waals surface area contributed by atoms with Crippen molar-refractivity contribution in [1.82, 2.24) is 4.98 Å². The van der Waals surface area contributed by atoms with Crippen LogP contribution in [0.25, 0.3) is 11.3 Å². The Labute approximate surface area is 120 Å². The second-order valence-corrected chi connectivity index (χ2v) is 5.19. The lowest BCUT2D eigenvalue weighted by Crippen LogP contribution is -2.02. The smallest absolute Gasteiger partial charge is 0.144 e. The number of rotatable bonds is 2. The maximum Gasteiger partial charge on any atom is 0.144 e. The third kappa shape index (κ3) is 2.37. The SMILES string of the molecule is CNc1nc(-c2c(C)cc(C)cc2C)c(C)cc1C#N. The van der Waals surface area contributed by atoms with Gasteiger partial charge >= 0.3 is 0 Å². The van der Waals surface area contributed by atoms with Gasteiger partial charge < -0.3 is 5.32 Å². The topological polar surface area (TPSA) is 48.7 Å². The molecule has 1 aromatic carbocycles. The summed E-state index contributed by atoms with van der Waals surface area (Å²) in [7, 11) is 1.79. The van der Waals surface area contributed by atoms with Crippen LogP contribution in [-0.4, -0.2) is 12.0 Å². The number of nitrogens with zero attached hydrogens (tertiary/aromatic N) is 2. The minimum absolute atomic E-state index is 0.580. The number of aryl methyl sites for hydroxylation is 4. The van der Waals surface area contributed by atoms with Crippen molar-refractivity contribution < 1.29 is 0 Å². The Morgan fingerprint density at radius 2 is 1.60 bits per heavy atom. The maximum absolute atomic E-state index is 9.15. The van der Waals surface area contributed by atoms with Crippen LogP contribution in [0.15, 0.2) is 18.2 Å². The molecule has 2 rings (SSSR count). The summed E-state index contributed by atoms with van der Waals surface area (Å²) in [5.41, 5.74) is 7.39. The number of hydrogen-bond donors (Lipinski definition) is 1. The van der Waals surface area contributed by atoms with Crippen LogP contribution in [0.4, 0.5) is 5.82 Å². The highest BCUT2D eigenvalue weighted by Gasteiger charge is 2.14. The minimum atomic E-state index is 0.580. The zero-order valence-electron chi connectivity index (χ0n) is 12.6. The molecule has 0 radical (unpaired) electrons. The Bertz CT molecular complexity index is 686. The van der Waals surface area contributed by atoms with Crippen LogP contribution in [-0.2, 0) is 0 Å². The molecule has 3 heteroatoms. The number of nitriles is 1. The quantitative estimate of drug-likeness (QED) is 0.896. The molecule has 0 atom stereocenters. The van der Waals surface area contributed by atoms with E-state index in [1.807, 2.05) is 13.0 Å². The summed E-state index contributed by atoms with van der Waals surface area (Å²) in [6.45, 7) is 8.31. The van der Waals surface area contributed by atoms with E-state index in [1.165, 1.54) is 16.7 Å². The summed E-state index contributed by atoms with van der Waals surface area (Å²) in [5, 5.41) is 12.2. The zero-order chi connectivity index (χ0) is 14.9. The molecule has 1 N–H and O–H groups in total. The second-order valence-electron chi connectivity index (χ2n) is 5.19. The Kier molecular flexibility index (Phi) is 3.76. The van der Waals surface area contributed by atoms with Gasteiger partial charge in [0.05, 0.1) is 11.3 Å². The maximum atomic E-state index is 9.15. The summed E-state index contributed by atoms with van der Waals surface area (Å²) < 4.78 is 0. The lowest BCUT2D eigenvalue weighted by atomic mass is 9.94. The van der Waals surface area contributed by atoms with E-state index in [0.29, 0.717) is 11.4 Å². The molecule has 2 aromatic rings. The molecule has 0 saturated carbocycles. The van der Waals surface area contributed by atoms with E-state index in [-0.39, 0.29) is 0 Å². The molecule has 0 saturated heterocycles. The molecule has 0 aliphatic heterocycles. The molecule has 0 bridgehead atoms. The fourth-order valence-electron chi connectivity index (χ4n) is 2.70. The number of pyridine rings is 1. The molecule has 0 aliphatic carbocycles. The summed E-state index contributed by atoms with van der Waals surface area (Å²) in [4.78, 5) is 4.65. The molecule has 20 heavy (non-hydrogen) atoms. The lowest BCUT2D eigenvalue weighted by molar-refractivity contribution is 1.20. The van der Waals surface area contributed by atoms with Crippen molar-refractivity contribution in [2.75, 3.05) is 12.4 Å². The number of nitrogens with one attached hydrogen (secondary N) is 1. The number of aromatic nitrogens is 1. The lowest BCUT2D eigenvalue weighted by Gasteiger charge is -2.15. The van der Waals surface area contributed by atoms with Gasteiger partial charge in [0.2, 0.25) is 0 Å². The Morgan fingerprint density at radius 1 is 1.00 bits per heavy atom. The molecule has 0 unspecified atom stereocenters. The van der Waals surface area contributed by atoms with Gasteiger partial charge in [-0.25, -0.2) is 4.98 Å². The Morgan fingerprint density at radius 3 is 2.10 bits per heavy atom. The highest BCUT2D eigenvalue weighted by Crippen LogP contribution is 2.31. The molecule has 102 valence electrons. The Balaban J connectivity index is 2.74. The van der Waals surface area contributed by atoms with Gasteiger partial charge in [-0.05, 0) is 50.5 Å². The van der Waals surface area contributed by atoms with Gasteiger partial charge in [-0.15, -0.1) is 0 Å². The van der Waals surface area contributed by atoms with Gasteiger partial charge in [-0.1, -0.05) is 17.7 Å². The monoisotopic (exact) mass is 265 g/mol. The molecule has 0 fully saturated rings. The van der Waals surface area contributed by atoms with Crippen LogP contribution >= 0.6 is 0 Å². The highest BCUT2D eigenvalue weighted by molar-refractivity contribution is 5.73. The molecule has 1 heterocycles. The van der Waals surface area contributed by atoms with E-state index in [9.17, 15) is 0 Å². The number of hydrogen-bond acceptors (Lipinski definition) is 3. The molecule has 0 spiro atoms. The second kappa shape index (κ2) is 5.34. The van der Waals surface area contributed by atoms with Gasteiger partial charge in [-0.2, -0.15) is 5.26 Å². The van der Waals surface area contributed by atoms with E-state index in [1.54, 1.807) is 7.05 Å². The van der Waals surface area contributed by atoms with E-state index >= 15 is 0 Å². The van der Waals surface area contributed by atoms with Crippen LogP contribution < -0.4 is 5.32 Å². The van der Waals surface area contributed by atoms with E-state index in [2.05, 4.69) is 49.3 Å². The third-order valence-electron chi connectivity index (χ3n) is 3.48. The fraction of sp³-hybridized carbons (Fsp3) is 0.294. The first-order valence-electron chi connectivity index (χ1n) is 6.65. The third-order valence-corrected chi connectivity index (χ3v) is 3.48. The van der Waals surface area contributed by atoms with Crippen molar-refractivity contribution in [2.24, 2.45) is 0 Å². The first-order valence-corrected chi connectivity index (χ1v) is 6.65. The van der Waals surface area contributed by atoms with Gasteiger partial charge in [0.15, 0.2) is 0 Å². The number of anilines is 1. The Hall–Kier alpha value is -2.34. The van der Waals surface area contributed by atoms with Gasteiger partial charge in [0.25, 0.3) is 0 Å². The van der Waals surface area contributed by atoms with Crippen LogP contribution in [0, 0.1) is 39.0 Å². The molecule has 0 amide bonds. The predicted octanol–water partition coefficient (Wildman–Crippen LogP) is 3.90. The summed E-state index contributed by atoms with van der Waals surface area (Å²) in [5.74, 6) is 0.632. The average molecular weight is 265 g/mol. The highest BCUT2D eigenvalue weighted by atomic mass is 15.0. The summed E-state index contributed by atoms with van der Waals surface area (Å²) in [6.07, 6.45) is 0. The normalized spacial score (nSPS) is 10.2. The van der Waals surface area contributed by atoms with Crippen molar-refractivity contribution in [3.63, 3.8) is 0 Å². The zero-order valence-corrected chi connectivity index (χ0v) is 12.6. The van der Waals surface area contributed by atoms with E-state index in [4.69, 9.17) is 5.26 Å². The van der Waals surface area contributed by atoms with Crippen LogP contribution in [0.5, 0.6) is 0 Å². The van der Waals surface area contributed by atoms with Crippen molar-refractivity contribution in [1.29, 1.82) is 5.26 Å². The van der Waals surface area contributed by atoms with Crippen LogP contribution in [0.3, 0.4) is 0 Å². The largest absolute Gasteiger partial charge is 0.372 e. The van der Waals surface area contributed by atoms with Crippen molar-refractivity contribution in [3.05, 3.63) is 46.0 Å². The van der Waals surface area contributed by atoms with Crippen LogP contribution in [0.2, 0.25) is 0 Å². The minimum Gasteiger partial charge on any atom is -0.372 e. The molecule has 3 nitrogen and oxygen atoms in total. The van der Waals surface area contributed by atoms with Crippen molar-refractivity contribution in [2.45, 2.75) is 27.7 Å². The fourth-order valence-corrected chi connectivity index (χ4v) is 2.70. The first-order chi connectivity index (χ1) is 9.47. The van der Waals surface area contributed by atoms with E-state index in [0.717, 1.165) is 16.8 Å². The van der Waals surface area contributed by atoms with Crippen molar-refractivity contribution >= 4 is 5.82 Å². The summed E-state index contributed by atoms with van der Waals surface area (Å²) >= 11 is 0. The van der Waals surface area contributed by atoms with Gasteiger partial charge in [0, 0.05) is 12.6 Å². The standard InChI is InChI=1S/C17H19N3/c1-10-6-11(2)15(12(3)7-10)16-13(4)8-14(9-18)17(19-5)20-16/h6-8H,1-5H3,(H,19,20).